The predicted molar refractivity (Wildman–Crippen MR) is 128 cm³/mol. The lowest BCUT2D eigenvalue weighted by molar-refractivity contribution is 0.436. The summed E-state index contributed by atoms with van der Waals surface area (Å²) in [6.07, 6.45) is 6.82. The summed E-state index contributed by atoms with van der Waals surface area (Å²) in [7, 11) is 0. The third-order valence-electron chi connectivity index (χ3n) is 6.45. The van der Waals surface area contributed by atoms with E-state index >= 15 is 0 Å². The van der Waals surface area contributed by atoms with Crippen LogP contribution < -0.4 is 5.32 Å². The van der Waals surface area contributed by atoms with Gasteiger partial charge >= 0.3 is 0 Å². The average Bonchev–Trinajstić information content (AvgIpc) is 3.16. The third-order valence-corrected chi connectivity index (χ3v) is 6.78. The van der Waals surface area contributed by atoms with Crippen molar-refractivity contribution in [1.82, 2.24) is 9.97 Å². The monoisotopic (exact) mass is 448 g/mol. The number of aromatic nitrogens is 2. The molecular formula is C26H26ClFN4. The van der Waals surface area contributed by atoms with E-state index in [2.05, 4.69) is 18.3 Å². The van der Waals surface area contributed by atoms with E-state index in [0.717, 1.165) is 47.3 Å². The molecule has 0 radical (unpaired) electrons. The van der Waals surface area contributed by atoms with Crippen LogP contribution in [0.5, 0.6) is 0 Å². The summed E-state index contributed by atoms with van der Waals surface area (Å²) in [5.41, 5.74) is 4.51. The van der Waals surface area contributed by atoms with Crippen LogP contribution in [0.3, 0.4) is 0 Å². The zero-order valence-corrected chi connectivity index (χ0v) is 18.9. The normalized spacial score (nSPS) is 18.3. The molecule has 164 valence electrons. The molecule has 1 aliphatic heterocycles. The number of nitrogens with one attached hydrogen (secondary N) is 1. The van der Waals surface area contributed by atoms with Crippen molar-refractivity contribution in [3.63, 3.8) is 0 Å². The largest absolute Gasteiger partial charge is 0.309 e. The summed E-state index contributed by atoms with van der Waals surface area (Å²) >= 11 is 6.50. The van der Waals surface area contributed by atoms with Crippen molar-refractivity contribution in [3.8, 4) is 11.3 Å². The summed E-state index contributed by atoms with van der Waals surface area (Å²) in [5.74, 6) is 1.24. The van der Waals surface area contributed by atoms with Gasteiger partial charge in [0, 0.05) is 27.8 Å². The van der Waals surface area contributed by atoms with Crippen LogP contribution in [0, 0.1) is 5.82 Å². The van der Waals surface area contributed by atoms with Gasteiger partial charge in [-0.1, -0.05) is 62.1 Å². The molecule has 1 unspecified atom stereocenters. The topological polar surface area (TPSA) is 50.2 Å². The number of aliphatic imine (C=N–C) groups is 1. The van der Waals surface area contributed by atoms with Crippen LogP contribution in [-0.4, -0.2) is 15.8 Å². The SMILES string of the molecule is CCC1N=C(Nc2nc(-c3ccccc3Cl)cc(C3CCCCC3)n2)c2cc(F)ccc21. The fourth-order valence-electron chi connectivity index (χ4n) is 4.77. The highest BCUT2D eigenvalue weighted by Crippen LogP contribution is 2.36. The van der Waals surface area contributed by atoms with E-state index in [0.29, 0.717) is 22.7 Å². The molecule has 6 heteroatoms. The summed E-state index contributed by atoms with van der Waals surface area (Å²) in [4.78, 5) is 14.5. The van der Waals surface area contributed by atoms with Crippen LogP contribution in [0.4, 0.5) is 10.3 Å². The Morgan fingerprint density at radius 2 is 1.81 bits per heavy atom. The lowest BCUT2D eigenvalue weighted by atomic mass is 9.86. The second-order valence-corrected chi connectivity index (χ2v) is 8.98. The highest BCUT2D eigenvalue weighted by Gasteiger charge is 2.26. The second-order valence-electron chi connectivity index (χ2n) is 8.57. The zero-order valence-electron chi connectivity index (χ0n) is 18.1. The van der Waals surface area contributed by atoms with E-state index < -0.39 is 0 Å². The van der Waals surface area contributed by atoms with Crippen molar-refractivity contribution < 1.29 is 4.39 Å². The fourth-order valence-corrected chi connectivity index (χ4v) is 5.00. The Morgan fingerprint density at radius 1 is 1.00 bits per heavy atom. The van der Waals surface area contributed by atoms with Crippen molar-refractivity contribution in [3.05, 3.63) is 76.2 Å². The van der Waals surface area contributed by atoms with E-state index in [9.17, 15) is 4.39 Å². The molecule has 0 spiro atoms. The number of amidine groups is 1. The second kappa shape index (κ2) is 8.99. The summed E-state index contributed by atoms with van der Waals surface area (Å²) in [6, 6.07) is 14.7. The quantitative estimate of drug-likeness (QED) is 0.455. The van der Waals surface area contributed by atoms with Crippen LogP contribution >= 0.6 is 11.6 Å². The Balaban J connectivity index is 1.56. The Bertz CT molecular complexity index is 1170. The van der Waals surface area contributed by atoms with Gasteiger partial charge in [-0.05, 0) is 49.1 Å². The minimum Gasteiger partial charge on any atom is -0.309 e. The third kappa shape index (κ3) is 4.14. The molecule has 5 rings (SSSR count). The van der Waals surface area contributed by atoms with Gasteiger partial charge in [-0.2, -0.15) is 0 Å². The van der Waals surface area contributed by atoms with Crippen molar-refractivity contribution in [2.24, 2.45) is 4.99 Å². The summed E-state index contributed by atoms with van der Waals surface area (Å²) in [5, 5.41) is 3.97. The number of benzene rings is 2. The van der Waals surface area contributed by atoms with Gasteiger partial charge < -0.3 is 5.32 Å². The lowest BCUT2D eigenvalue weighted by Gasteiger charge is -2.22. The molecule has 1 aromatic heterocycles. The molecule has 1 fully saturated rings. The minimum absolute atomic E-state index is 0.0117. The Hall–Kier alpha value is -2.79. The van der Waals surface area contributed by atoms with Gasteiger partial charge in [0.15, 0.2) is 0 Å². The number of nitrogens with zero attached hydrogens (tertiary/aromatic N) is 3. The van der Waals surface area contributed by atoms with Gasteiger partial charge in [0.05, 0.1) is 11.7 Å². The maximum atomic E-state index is 14.0. The van der Waals surface area contributed by atoms with Gasteiger partial charge in [0.2, 0.25) is 5.95 Å². The fraction of sp³-hybridized carbons (Fsp3) is 0.346. The van der Waals surface area contributed by atoms with E-state index in [1.165, 1.54) is 31.4 Å². The predicted octanol–water partition coefficient (Wildman–Crippen LogP) is 7.31. The Morgan fingerprint density at radius 3 is 2.59 bits per heavy atom. The van der Waals surface area contributed by atoms with Gasteiger partial charge in [0.25, 0.3) is 0 Å². The zero-order chi connectivity index (χ0) is 22.1. The average molecular weight is 449 g/mol. The van der Waals surface area contributed by atoms with Crippen molar-refractivity contribution in [1.29, 1.82) is 0 Å². The first-order valence-corrected chi connectivity index (χ1v) is 11.8. The first kappa shape index (κ1) is 21.1. The number of hydrogen-bond acceptors (Lipinski definition) is 4. The van der Waals surface area contributed by atoms with Gasteiger partial charge in [-0.3, -0.25) is 4.99 Å². The number of halogens is 2. The molecule has 1 N–H and O–H groups in total. The highest BCUT2D eigenvalue weighted by molar-refractivity contribution is 6.33. The van der Waals surface area contributed by atoms with Crippen LogP contribution in [0.1, 0.15) is 74.2 Å². The minimum atomic E-state index is -0.274. The number of anilines is 1. The molecule has 0 amide bonds. The molecule has 32 heavy (non-hydrogen) atoms. The number of hydrogen-bond donors (Lipinski definition) is 1. The van der Waals surface area contributed by atoms with E-state index in [1.54, 1.807) is 0 Å². The van der Waals surface area contributed by atoms with Crippen LogP contribution in [-0.2, 0) is 0 Å². The van der Waals surface area contributed by atoms with E-state index in [1.807, 2.05) is 30.3 Å². The molecule has 0 bridgehead atoms. The van der Waals surface area contributed by atoms with Crippen LogP contribution in [0.25, 0.3) is 11.3 Å². The first-order valence-electron chi connectivity index (χ1n) is 11.4. The highest BCUT2D eigenvalue weighted by atomic mass is 35.5. The van der Waals surface area contributed by atoms with Crippen molar-refractivity contribution in [2.75, 3.05) is 5.32 Å². The number of fused-ring (bicyclic) bond motifs is 1. The Kier molecular flexibility index (Phi) is 5.92. The molecular weight excluding hydrogens is 423 g/mol. The number of rotatable bonds is 4. The molecule has 2 aromatic carbocycles. The molecule has 4 nitrogen and oxygen atoms in total. The van der Waals surface area contributed by atoms with Crippen LogP contribution in [0.2, 0.25) is 5.02 Å². The maximum absolute atomic E-state index is 14.0. The van der Waals surface area contributed by atoms with Gasteiger partial charge in [0.1, 0.15) is 11.7 Å². The summed E-state index contributed by atoms with van der Waals surface area (Å²) < 4.78 is 14.0. The molecule has 1 aliphatic carbocycles. The van der Waals surface area contributed by atoms with Crippen molar-refractivity contribution >= 4 is 23.4 Å². The Labute approximate surface area is 193 Å². The van der Waals surface area contributed by atoms with Crippen LogP contribution in [0.15, 0.2) is 53.5 Å². The first-order chi connectivity index (χ1) is 15.6. The van der Waals surface area contributed by atoms with E-state index in [4.69, 9.17) is 26.6 Å². The standard InChI is InChI=1S/C26H26ClFN4/c1-2-22-18-13-12-17(28)14-20(18)25(29-22)32-26-30-23(16-8-4-3-5-9-16)15-24(31-26)19-10-6-7-11-21(19)27/h6-7,10-16,22H,2-5,8-9H2,1H3,(H,29,30,31,32). The van der Waals surface area contributed by atoms with Gasteiger partial charge in [-0.25, -0.2) is 14.4 Å². The van der Waals surface area contributed by atoms with Gasteiger partial charge in [-0.15, -0.1) is 0 Å². The molecule has 3 aromatic rings. The smallest absolute Gasteiger partial charge is 0.229 e. The lowest BCUT2D eigenvalue weighted by Crippen LogP contribution is -2.16. The molecule has 1 saturated carbocycles. The maximum Gasteiger partial charge on any atom is 0.229 e. The molecule has 2 heterocycles. The van der Waals surface area contributed by atoms with Crippen molar-refractivity contribution in [2.45, 2.75) is 57.4 Å². The van der Waals surface area contributed by atoms with E-state index in [-0.39, 0.29) is 11.9 Å². The molecule has 1 atom stereocenters. The molecule has 0 saturated heterocycles. The molecule has 2 aliphatic rings. The summed E-state index contributed by atoms with van der Waals surface area (Å²) in [6.45, 7) is 2.08.